The Morgan fingerprint density at radius 3 is 3.07 bits per heavy atom. The average molecular weight is 267 g/mol. The van der Waals surface area contributed by atoms with Gasteiger partial charge in [-0.3, -0.25) is 0 Å². The molecular formula is C12H11BrO2. The fraction of sp³-hybridized carbons (Fsp3) is 0.333. The van der Waals surface area contributed by atoms with Crippen LogP contribution in [0.4, 0.5) is 0 Å². The van der Waals surface area contributed by atoms with Crippen LogP contribution in [0.3, 0.4) is 0 Å². The van der Waals surface area contributed by atoms with E-state index in [9.17, 15) is 0 Å². The molecule has 0 N–H and O–H groups in total. The third-order valence-corrected chi connectivity index (χ3v) is 3.28. The molecule has 3 rings (SSSR count). The van der Waals surface area contributed by atoms with Gasteiger partial charge in [0, 0.05) is 16.5 Å². The molecule has 1 atom stereocenters. The van der Waals surface area contributed by atoms with Gasteiger partial charge in [-0.05, 0) is 36.8 Å². The van der Waals surface area contributed by atoms with E-state index in [1.807, 2.05) is 24.3 Å². The molecule has 2 aliphatic rings. The first-order valence-corrected chi connectivity index (χ1v) is 5.89. The van der Waals surface area contributed by atoms with Crippen LogP contribution >= 0.6 is 15.9 Å². The van der Waals surface area contributed by atoms with Crippen LogP contribution in [-0.2, 0) is 4.74 Å². The summed E-state index contributed by atoms with van der Waals surface area (Å²) in [5.41, 5.74) is 1.10. The van der Waals surface area contributed by atoms with E-state index in [0.29, 0.717) is 0 Å². The zero-order chi connectivity index (χ0) is 10.3. The molecule has 0 aromatic heterocycles. The number of rotatable bonds is 0. The summed E-state index contributed by atoms with van der Waals surface area (Å²) in [5.74, 6) is 0.420. The number of hydrogen-bond donors (Lipinski definition) is 0. The van der Waals surface area contributed by atoms with Crippen molar-refractivity contribution in [2.45, 2.75) is 18.6 Å². The summed E-state index contributed by atoms with van der Waals surface area (Å²) in [6.45, 7) is 0.788. The van der Waals surface area contributed by atoms with Gasteiger partial charge >= 0.3 is 0 Å². The van der Waals surface area contributed by atoms with Crippen molar-refractivity contribution < 1.29 is 9.47 Å². The van der Waals surface area contributed by atoms with Crippen molar-refractivity contribution in [3.8, 4) is 5.75 Å². The molecule has 1 aromatic rings. The van der Waals surface area contributed by atoms with Crippen molar-refractivity contribution in [1.82, 2.24) is 0 Å². The lowest BCUT2D eigenvalue weighted by Gasteiger charge is -2.30. The predicted molar refractivity (Wildman–Crippen MR) is 61.7 cm³/mol. The van der Waals surface area contributed by atoms with Crippen molar-refractivity contribution in [1.29, 1.82) is 0 Å². The Labute approximate surface area is 97.0 Å². The molecule has 1 fully saturated rings. The van der Waals surface area contributed by atoms with Gasteiger partial charge in [-0.1, -0.05) is 15.9 Å². The van der Waals surface area contributed by atoms with E-state index in [1.54, 1.807) is 0 Å². The van der Waals surface area contributed by atoms with Gasteiger partial charge in [0.1, 0.15) is 5.75 Å². The molecule has 1 spiro atoms. The largest absolute Gasteiger partial charge is 0.458 e. The maximum Gasteiger partial charge on any atom is 0.230 e. The minimum Gasteiger partial charge on any atom is -0.458 e. The summed E-state index contributed by atoms with van der Waals surface area (Å²) in [4.78, 5) is 0. The summed E-state index contributed by atoms with van der Waals surface area (Å²) >= 11 is 3.44. The lowest BCUT2D eigenvalue weighted by molar-refractivity contribution is -0.110. The molecular weight excluding hydrogens is 256 g/mol. The van der Waals surface area contributed by atoms with Gasteiger partial charge in [-0.2, -0.15) is 0 Å². The lowest BCUT2D eigenvalue weighted by Crippen LogP contribution is -2.34. The van der Waals surface area contributed by atoms with Crippen LogP contribution in [0.1, 0.15) is 18.4 Å². The molecule has 1 saturated heterocycles. The molecule has 2 aliphatic heterocycles. The smallest absolute Gasteiger partial charge is 0.230 e. The van der Waals surface area contributed by atoms with Crippen molar-refractivity contribution in [2.24, 2.45) is 0 Å². The first kappa shape index (κ1) is 9.43. The van der Waals surface area contributed by atoms with Crippen LogP contribution in [0.2, 0.25) is 0 Å². The van der Waals surface area contributed by atoms with Crippen LogP contribution in [0.5, 0.6) is 5.75 Å². The van der Waals surface area contributed by atoms with E-state index in [0.717, 1.165) is 35.2 Å². The summed E-state index contributed by atoms with van der Waals surface area (Å²) in [7, 11) is 0. The van der Waals surface area contributed by atoms with Gasteiger partial charge < -0.3 is 9.47 Å². The molecule has 0 aliphatic carbocycles. The number of benzene rings is 1. The monoisotopic (exact) mass is 266 g/mol. The summed E-state index contributed by atoms with van der Waals surface area (Å²) in [5, 5.41) is 0. The Kier molecular flexibility index (Phi) is 2.11. The summed E-state index contributed by atoms with van der Waals surface area (Å²) in [6.07, 6.45) is 6.11. The second-order valence-electron chi connectivity index (χ2n) is 3.88. The molecule has 1 unspecified atom stereocenters. The van der Waals surface area contributed by atoms with E-state index in [-0.39, 0.29) is 0 Å². The van der Waals surface area contributed by atoms with Gasteiger partial charge in [0.25, 0.3) is 0 Å². The van der Waals surface area contributed by atoms with E-state index in [2.05, 4.69) is 22.0 Å². The molecule has 78 valence electrons. The number of fused-ring (bicyclic) bond motifs is 1. The maximum absolute atomic E-state index is 5.91. The SMILES string of the molecule is Brc1ccc2c(c1)C=CC1(CCCO1)O2. The van der Waals surface area contributed by atoms with Gasteiger partial charge in [0.15, 0.2) is 0 Å². The molecule has 0 saturated carbocycles. The molecule has 3 heteroatoms. The third kappa shape index (κ3) is 1.60. The number of hydrogen-bond acceptors (Lipinski definition) is 2. The Morgan fingerprint density at radius 1 is 1.33 bits per heavy atom. The zero-order valence-corrected chi connectivity index (χ0v) is 9.79. The van der Waals surface area contributed by atoms with Gasteiger partial charge in [-0.15, -0.1) is 0 Å². The van der Waals surface area contributed by atoms with Crippen LogP contribution in [-0.4, -0.2) is 12.4 Å². The molecule has 1 aromatic carbocycles. The molecule has 0 bridgehead atoms. The van der Waals surface area contributed by atoms with Crippen molar-refractivity contribution in [3.05, 3.63) is 34.3 Å². The molecule has 2 nitrogen and oxygen atoms in total. The fourth-order valence-corrected chi connectivity index (χ4v) is 2.41. The van der Waals surface area contributed by atoms with Crippen molar-refractivity contribution >= 4 is 22.0 Å². The first-order valence-electron chi connectivity index (χ1n) is 5.09. The zero-order valence-electron chi connectivity index (χ0n) is 8.20. The highest BCUT2D eigenvalue weighted by molar-refractivity contribution is 9.10. The summed E-state index contributed by atoms with van der Waals surface area (Å²) in [6, 6.07) is 6.01. The van der Waals surface area contributed by atoms with Gasteiger partial charge in [0.2, 0.25) is 5.79 Å². The number of ether oxygens (including phenoxy) is 2. The second-order valence-corrected chi connectivity index (χ2v) is 4.80. The molecule has 0 amide bonds. The lowest BCUT2D eigenvalue weighted by atomic mass is 10.1. The Bertz CT molecular complexity index is 420. The van der Waals surface area contributed by atoms with Crippen LogP contribution in [0.15, 0.2) is 28.7 Å². The molecule has 15 heavy (non-hydrogen) atoms. The Morgan fingerprint density at radius 2 is 2.27 bits per heavy atom. The second kappa shape index (κ2) is 3.35. The number of halogens is 1. The van der Waals surface area contributed by atoms with Gasteiger partial charge in [0.05, 0.1) is 6.61 Å². The highest BCUT2D eigenvalue weighted by atomic mass is 79.9. The van der Waals surface area contributed by atoms with E-state index >= 15 is 0 Å². The van der Waals surface area contributed by atoms with Crippen LogP contribution in [0.25, 0.3) is 6.08 Å². The van der Waals surface area contributed by atoms with E-state index in [1.165, 1.54) is 0 Å². The predicted octanol–water partition coefficient (Wildman–Crippen LogP) is 3.36. The summed E-state index contributed by atoms with van der Waals surface area (Å²) < 4.78 is 12.6. The van der Waals surface area contributed by atoms with E-state index in [4.69, 9.17) is 9.47 Å². The standard InChI is InChI=1S/C12H11BrO2/c13-10-2-3-11-9(8-10)4-6-12(15-11)5-1-7-14-12/h2-4,6,8H,1,5,7H2. The minimum atomic E-state index is -0.485. The highest BCUT2D eigenvalue weighted by Crippen LogP contribution is 2.38. The third-order valence-electron chi connectivity index (χ3n) is 2.79. The maximum atomic E-state index is 5.91. The first-order chi connectivity index (χ1) is 7.27. The van der Waals surface area contributed by atoms with Crippen molar-refractivity contribution in [2.75, 3.05) is 6.61 Å². The Balaban J connectivity index is 2.00. The average Bonchev–Trinajstić information content (AvgIpc) is 2.67. The highest BCUT2D eigenvalue weighted by Gasteiger charge is 2.37. The fourth-order valence-electron chi connectivity index (χ4n) is 2.03. The molecule has 0 radical (unpaired) electrons. The van der Waals surface area contributed by atoms with E-state index < -0.39 is 5.79 Å². The van der Waals surface area contributed by atoms with Gasteiger partial charge in [-0.25, -0.2) is 0 Å². The molecule has 2 heterocycles. The topological polar surface area (TPSA) is 18.5 Å². The van der Waals surface area contributed by atoms with Crippen LogP contribution < -0.4 is 4.74 Å². The quantitative estimate of drug-likeness (QED) is 0.717. The normalized spacial score (nSPS) is 27.8. The Hall–Kier alpha value is -0.800. The van der Waals surface area contributed by atoms with Crippen LogP contribution in [0, 0.1) is 0 Å². The van der Waals surface area contributed by atoms with Crippen molar-refractivity contribution in [3.63, 3.8) is 0 Å². The minimum absolute atomic E-state index is 0.485.